The summed E-state index contributed by atoms with van der Waals surface area (Å²) >= 11 is 0. The van der Waals surface area contributed by atoms with Gasteiger partial charge in [0.1, 0.15) is 0 Å². The van der Waals surface area contributed by atoms with Crippen LogP contribution in [0.1, 0.15) is 52.4 Å². The van der Waals surface area contributed by atoms with Crippen LogP contribution in [0.4, 0.5) is 17.6 Å². The Morgan fingerprint density at radius 2 is 1.79 bits per heavy atom. The number of alkyl halides is 4. The van der Waals surface area contributed by atoms with Crippen molar-refractivity contribution in [2.75, 3.05) is 13.2 Å². The highest BCUT2D eigenvalue weighted by Crippen LogP contribution is 2.41. The average molecular weight is 380 g/mol. The van der Waals surface area contributed by atoms with Crippen LogP contribution in [0.15, 0.2) is 0 Å². The van der Waals surface area contributed by atoms with Crippen molar-refractivity contribution in [1.29, 1.82) is 0 Å². The summed E-state index contributed by atoms with van der Waals surface area (Å²) in [5, 5.41) is -5.53. The molecule has 1 atom stereocenters. The van der Waals surface area contributed by atoms with E-state index in [1.54, 1.807) is 0 Å². The molecule has 24 heavy (non-hydrogen) atoms. The van der Waals surface area contributed by atoms with Crippen LogP contribution in [0, 0.1) is 0 Å². The van der Waals surface area contributed by atoms with Crippen molar-refractivity contribution in [2.45, 2.75) is 75.3 Å². The molecule has 0 amide bonds. The smallest absolute Gasteiger partial charge is 0.375 e. The zero-order chi connectivity index (χ0) is 18.6. The number of rotatable bonds is 10. The van der Waals surface area contributed by atoms with Crippen LogP contribution in [-0.4, -0.2) is 49.1 Å². The summed E-state index contributed by atoms with van der Waals surface area (Å²) in [5.74, 6) is -4.88. The van der Waals surface area contributed by atoms with Gasteiger partial charge >= 0.3 is 21.3 Å². The van der Waals surface area contributed by atoms with Crippen molar-refractivity contribution in [3.05, 3.63) is 0 Å². The highest BCUT2D eigenvalue weighted by Gasteiger charge is 2.64. The first-order valence-corrected chi connectivity index (χ1v) is 9.35. The maximum Gasteiger partial charge on any atom is 0.431 e. The highest BCUT2D eigenvalue weighted by atomic mass is 32.2. The van der Waals surface area contributed by atoms with E-state index < -0.39 is 39.7 Å². The monoisotopic (exact) mass is 380 g/mol. The van der Waals surface area contributed by atoms with Crippen LogP contribution in [-0.2, 0) is 19.6 Å². The summed E-state index contributed by atoms with van der Waals surface area (Å²) in [4.78, 5) is 0. The third-order valence-electron chi connectivity index (χ3n) is 4.49. The minimum Gasteiger partial charge on any atom is -0.375 e. The molecule has 0 aromatic rings. The first kappa shape index (κ1) is 21.6. The third-order valence-corrected chi connectivity index (χ3v) is 5.43. The zero-order valence-corrected chi connectivity index (χ0v) is 14.6. The lowest BCUT2D eigenvalue weighted by molar-refractivity contribution is -0.172. The van der Waals surface area contributed by atoms with Gasteiger partial charge < -0.3 is 9.47 Å². The van der Waals surface area contributed by atoms with Gasteiger partial charge in [0.2, 0.25) is 0 Å². The number of ether oxygens (including phenoxy) is 2. The average Bonchev–Trinajstić information content (AvgIpc) is 3.01. The van der Waals surface area contributed by atoms with Crippen LogP contribution >= 0.6 is 0 Å². The Bertz CT molecular complexity index is 499. The predicted octanol–water partition coefficient (Wildman–Crippen LogP) is 3.64. The SMILES string of the molecule is CCC(CC)(OCCCC(F)(F)C(F)(F)S(=O)(=O)O)C1CCCO1. The summed E-state index contributed by atoms with van der Waals surface area (Å²) in [6, 6.07) is 0. The molecule has 1 fully saturated rings. The Morgan fingerprint density at radius 1 is 1.21 bits per heavy atom. The van der Waals surface area contributed by atoms with Crippen molar-refractivity contribution < 1.29 is 40.0 Å². The molecule has 0 aliphatic carbocycles. The molecule has 1 aliphatic heterocycles. The molecule has 0 aromatic heterocycles. The van der Waals surface area contributed by atoms with E-state index in [-0.39, 0.29) is 12.7 Å². The van der Waals surface area contributed by atoms with E-state index in [2.05, 4.69) is 0 Å². The minimum absolute atomic E-state index is 0.174. The molecule has 1 aliphatic rings. The van der Waals surface area contributed by atoms with Gasteiger partial charge in [0.15, 0.2) is 0 Å². The van der Waals surface area contributed by atoms with Gasteiger partial charge in [0.05, 0.1) is 11.7 Å². The Balaban J connectivity index is 2.63. The van der Waals surface area contributed by atoms with Crippen molar-refractivity contribution in [3.8, 4) is 0 Å². The second-order valence-corrected chi connectivity index (χ2v) is 7.38. The first-order valence-electron chi connectivity index (χ1n) is 7.91. The van der Waals surface area contributed by atoms with Crippen LogP contribution in [0.3, 0.4) is 0 Å². The summed E-state index contributed by atoms with van der Waals surface area (Å²) in [7, 11) is -6.19. The van der Waals surface area contributed by atoms with E-state index in [4.69, 9.17) is 14.0 Å². The van der Waals surface area contributed by atoms with Crippen LogP contribution in [0.5, 0.6) is 0 Å². The van der Waals surface area contributed by atoms with Gasteiger partial charge in [-0.25, -0.2) is 0 Å². The van der Waals surface area contributed by atoms with E-state index in [1.165, 1.54) is 0 Å². The van der Waals surface area contributed by atoms with Gasteiger partial charge in [-0.2, -0.15) is 26.0 Å². The molecule has 0 aromatic carbocycles. The van der Waals surface area contributed by atoms with Gasteiger partial charge in [-0.15, -0.1) is 0 Å². The second-order valence-electron chi connectivity index (χ2n) is 5.92. The van der Waals surface area contributed by atoms with Gasteiger partial charge in [-0.3, -0.25) is 4.55 Å². The maximum absolute atomic E-state index is 13.4. The maximum atomic E-state index is 13.4. The molecular weight excluding hydrogens is 356 g/mol. The molecule has 1 heterocycles. The van der Waals surface area contributed by atoms with Crippen molar-refractivity contribution in [3.63, 3.8) is 0 Å². The standard InChI is InChI=1S/C14H24F4O5S/c1-3-12(4-2,11-7-5-9-22-11)23-10-6-8-13(15,16)14(17,18)24(19,20)21/h11H,3-10H2,1-2H3,(H,19,20,21). The quantitative estimate of drug-likeness (QED) is 0.356. The Labute approximate surface area is 139 Å². The second kappa shape index (κ2) is 7.84. The summed E-state index contributed by atoms with van der Waals surface area (Å²) in [6.45, 7) is 4.09. The lowest BCUT2D eigenvalue weighted by atomic mass is 9.88. The first-order chi connectivity index (χ1) is 10.9. The largest absolute Gasteiger partial charge is 0.431 e. The van der Waals surface area contributed by atoms with E-state index in [1.807, 2.05) is 13.8 Å². The van der Waals surface area contributed by atoms with E-state index in [9.17, 15) is 26.0 Å². The van der Waals surface area contributed by atoms with Crippen LogP contribution in [0.2, 0.25) is 0 Å². The molecule has 1 unspecified atom stereocenters. The Morgan fingerprint density at radius 3 is 2.21 bits per heavy atom. The molecule has 0 bridgehead atoms. The minimum atomic E-state index is -6.19. The van der Waals surface area contributed by atoms with Crippen LogP contribution < -0.4 is 0 Å². The van der Waals surface area contributed by atoms with Gasteiger partial charge in [0.25, 0.3) is 0 Å². The summed E-state index contributed by atoms with van der Waals surface area (Å²) in [5.41, 5.74) is -0.669. The molecule has 10 heteroatoms. The third kappa shape index (κ3) is 4.39. The normalized spacial score (nSPS) is 20.5. The molecule has 5 nitrogen and oxygen atoms in total. The molecule has 1 saturated heterocycles. The fourth-order valence-corrected chi connectivity index (χ4v) is 3.38. The van der Waals surface area contributed by atoms with Crippen molar-refractivity contribution >= 4 is 10.1 Å². The van der Waals surface area contributed by atoms with Gasteiger partial charge in [-0.05, 0) is 32.1 Å². The molecule has 144 valence electrons. The molecular formula is C14H24F4O5S. The van der Waals surface area contributed by atoms with Gasteiger partial charge in [-0.1, -0.05) is 13.8 Å². The Hall–Kier alpha value is -0.450. The zero-order valence-electron chi connectivity index (χ0n) is 13.7. The summed E-state index contributed by atoms with van der Waals surface area (Å²) in [6.07, 6.45) is 0.721. The number of hydrogen-bond donors (Lipinski definition) is 1. The number of halogens is 4. The Kier molecular flexibility index (Phi) is 7.05. The molecule has 0 saturated carbocycles. The van der Waals surface area contributed by atoms with E-state index in [0.29, 0.717) is 19.4 Å². The predicted molar refractivity (Wildman–Crippen MR) is 78.9 cm³/mol. The molecule has 1 N–H and O–H groups in total. The van der Waals surface area contributed by atoms with Crippen molar-refractivity contribution in [2.24, 2.45) is 0 Å². The van der Waals surface area contributed by atoms with Crippen molar-refractivity contribution in [1.82, 2.24) is 0 Å². The topological polar surface area (TPSA) is 72.8 Å². The fraction of sp³-hybridized carbons (Fsp3) is 1.00. The number of hydrogen-bond acceptors (Lipinski definition) is 4. The summed E-state index contributed by atoms with van der Waals surface area (Å²) < 4.78 is 93.5. The molecule has 0 radical (unpaired) electrons. The lowest BCUT2D eigenvalue weighted by Crippen LogP contribution is -2.47. The lowest BCUT2D eigenvalue weighted by Gasteiger charge is -2.37. The van der Waals surface area contributed by atoms with Gasteiger partial charge in [0, 0.05) is 19.6 Å². The highest BCUT2D eigenvalue weighted by molar-refractivity contribution is 7.87. The van der Waals surface area contributed by atoms with E-state index in [0.717, 1.165) is 12.8 Å². The van der Waals surface area contributed by atoms with E-state index >= 15 is 0 Å². The van der Waals surface area contributed by atoms with Crippen LogP contribution in [0.25, 0.3) is 0 Å². The molecule has 1 rings (SSSR count). The fourth-order valence-electron chi connectivity index (χ4n) is 2.90. The molecule has 0 spiro atoms.